The molecule has 0 fully saturated rings. The van der Waals surface area contributed by atoms with Crippen LogP contribution >= 0.6 is 0 Å². The molecule has 0 bridgehead atoms. The van der Waals surface area contributed by atoms with Crippen LogP contribution in [0.3, 0.4) is 0 Å². The highest BCUT2D eigenvalue weighted by Crippen LogP contribution is 2.09. The molecule has 0 aliphatic carbocycles. The van der Waals surface area contributed by atoms with Gasteiger partial charge < -0.3 is 10.2 Å². The highest BCUT2D eigenvalue weighted by Gasteiger charge is 2.09. The molecule has 19 heavy (non-hydrogen) atoms. The van der Waals surface area contributed by atoms with Crippen molar-refractivity contribution in [2.45, 2.75) is 26.8 Å². The number of fused-ring (bicyclic) bond motifs is 1. The first-order valence-corrected chi connectivity index (χ1v) is 6.81. The molecule has 0 spiro atoms. The van der Waals surface area contributed by atoms with Gasteiger partial charge in [0.1, 0.15) is 5.52 Å². The summed E-state index contributed by atoms with van der Waals surface area (Å²) in [6.07, 6.45) is 0. The number of hydrogen-bond donors (Lipinski definition) is 1. The third-order valence-electron chi connectivity index (χ3n) is 3.16. The first-order valence-electron chi connectivity index (χ1n) is 6.81. The Morgan fingerprint density at radius 1 is 1.11 bits per heavy atom. The molecule has 1 aromatic carbocycles. The molecule has 1 aromatic heterocycles. The number of hydrogen-bond acceptors (Lipinski definition) is 5. The van der Waals surface area contributed by atoms with Gasteiger partial charge in [-0.1, -0.05) is 26.0 Å². The highest BCUT2D eigenvalue weighted by atomic mass is 15.3. The van der Waals surface area contributed by atoms with Gasteiger partial charge in [-0.05, 0) is 32.1 Å². The SMILES string of the molecule is CCN(CC)CC(C)Nc1nnc2ccccc2n1. The molecule has 0 amide bonds. The van der Waals surface area contributed by atoms with Crippen molar-refractivity contribution < 1.29 is 0 Å². The van der Waals surface area contributed by atoms with Gasteiger partial charge in [-0.15, -0.1) is 10.2 Å². The third kappa shape index (κ3) is 3.61. The van der Waals surface area contributed by atoms with E-state index in [2.05, 4.69) is 46.2 Å². The molecule has 5 heteroatoms. The Morgan fingerprint density at radius 2 is 1.79 bits per heavy atom. The normalized spacial score (nSPS) is 12.8. The number of nitrogens with zero attached hydrogens (tertiary/aromatic N) is 4. The van der Waals surface area contributed by atoms with Gasteiger partial charge >= 0.3 is 0 Å². The second-order valence-corrected chi connectivity index (χ2v) is 4.66. The molecular weight excluding hydrogens is 238 g/mol. The van der Waals surface area contributed by atoms with Gasteiger partial charge in [-0.2, -0.15) is 0 Å². The zero-order valence-electron chi connectivity index (χ0n) is 11.8. The van der Waals surface area contributed by atoms with E-state index < -0.39 is 0 Å². The van der Waals surface area contributed by atoms with Crippen molar-refractivity contribution >= 4 is 17.0 Å². The second-order valence-electron chi connectivity index (χ2n) is 4.66. The lowest BCUT2D eigenvalue weighted by molar-refractivity contribution is 0.294. The van der Waals surface area contributed by atoms with Crippen LogP contribution in [0.2, 0.25) is 0 Å². The van der Waals surface area contributed by atoms with Crippen molar-refractivity contribution in [1.82, 2.24) is 20.1 Å². The van der Waals surface area contributed by atoms with Crippen LogP contribution in [-0.4, -0.2) is 45.8 Å². The number of benzene rings is 1. The summed E-state index contributed by atoms with van der Waals surface area (Å²) in [5, 5.41) is 11.6. The summed E-state index contributed by atoms with van der Waals surface area (Å²) >= 11 is 0. The van der Waals surface area contributed by atoms with E-state index in [-0.39, 0.29) is 0 Å². The van der Waals surface area contributed by atoms with Crippen LogP contribution in [0.4, 0.5) is 5.95 Å². The molecule has 1 N–H and O–H groups in total. The maximum absolute atomic E-state index is 4.47. The van der Waals surface area contributed by atoms with Gasteiger partial charge in [0.2, 0.25) is 5.95 Å². The highest BCUT2D eigenvalue weighted by molar-refractivity contribution is 5.74. The molecule has 0 saturated heterocycles. The van der Waals surface area contributed by atoms with E-state index in [0.717, 1.165) is 30.7 Å². The molecule has 0 radical (unpaired) electrons. The standard InChI is InChI=1S/C14H21N5/c1-4-19(5-2)10-11(3)15-14-16-12-8-6-7-9-13(12)17-18-14/h6-9,11H,4-5,10H2,1-3H3,(H,15,16,18). The Kier molecular flexibility index (Phi) is 4.63. The third-order valence-corrected chi connectivity index (χ3v) is 3.16. The molecule has 1 atom stereocenters. The fraction of sp³-hybridized carbons (Fsp3) is 0.500. The van der Waals surface area contributed by atoms with E-state index in [9.17, 15) is 0 Å². The number of rotatable bonds is 6. The van der Waals surface area contributed by atoms with Crippen molar-refractivity contribution in [2.24, 2.45) is 0 Å². The lowest BCUT2D eigenvalue weighted by atomic mass is 10.3. The predicted octanol–water partition coefficient (Wildman–Crippen LogP) is 2.17. The summed E-state index contributed by atoms with van der Waals surface area (Å²) in [4.78, 5) is 6.84. The van der Waals surface area contributed by atoms with Gasteiger partial charge in [0.25, 0.3) is 0 Å². The van der Waals surface area contributed by atoms with Crippen LogP contribution in [0.5, 0.6) is 0 Å². The summed E-state index contributed by atoms with van der Waals surface area (Å²) in [7, 11) is 0. The first kappa shape index (κ1) is 13.7. The summed E-state index contributed by atoms with van der Waals surface area (Å²) in [5.41, 5.74) is 1.69. The average molecular weight is 259 g/mol. The molecule has 5 nitrogen and oxygen atoms in total. The minimum Gasteiger partial charge on any atom is -0.349 e. The fourth-order valence-corrected chi connectivity index (χ4v) is 2.08. The summed E-state index contributed by atoms with van der Waals surface area (Å²) in [5.74, 6) is 0.596. The van der Waals surface area contributed by atoms with Crippen LogP contribution in [0, 0.1) is 0 Å². The molecule has 1 heterocycles. The molecule has 102 valence electrons. The Morgan fingerprint density at radius 3 is 2.47 bits per heavy atom. The quantitative estimate of drug-likeness (QED) is 0.861. The van der Waals surface area contributed by atoms with Crippen molar-refractivity contribution in [3.05, 3.63) is 24.3 Å². The maximum Gasteiger partial charge on any atom is 0.243 e. The van der Waals surface area contributed by atoms with E-state index >= 15 is 0 Å². The first-order chi connectivity index (χ1) is 9.22. The number of likely N-dealkylation sites (N-methyl/N-ethyl adjacent to an activating group) is 1. The molecule has 2 aromatic rings. The Bertz CT molecular complexity index is 524. The van der Waals surface area contributed by atoms with Crippen molar-refractivity contribution in [3.8, 4) is 0 Å². The van der Waals surface area contributed by atoms with Gasteiger partial charge in [-0.25, -0.2) is 4.98 Å². The maximum atomic E-state index is 4.47. The topological polar surface area (TPSA) is 53.9 Å². The number of para-hydroxylation sites is 1. The lowest BCUT2D eigenvalue weighted by Gasteiger charge is -2.23. The van der Waals surface area contributed by atoms with Crippen LogP contribution in [-0.2, 0) is 0 Å². The zero-order valence-corrected chi connectivity index (χ0v) is 11.8. The molecule has 0 saturated carbocycles. The monoisotopic (exact) mass is 259 g/mol. The van der Waals surface area contributed by atoms with Crippen LogP contribution in [0.1, 0.15) is 20.8 Å². The van der Waals surface area contributed by atoms with Crippen molar-refractivity contribution in [1.29, 1.82) is 0 Å². The van der Waals surface area contributed by atoms with Crippen LogP contribution in [0.25, 0.3) is 11.0 Å². The van der Waals surface area contributed by atoms with Gasteiger partial charge in [0.15, 0.2) is 0 Å². The summed E-state index contributed by atoms with van der Waals surface area (Å²) < 4.78 is 0. The minimum atomic E-state index is 0.294. The van der Waals surface area contributed by atoms with E-state index in [1.165, 1.54) is 0 Å². The smallest absolute Gasteiger partial charge is 0.243 e. The zero-order chi connectivity index (χ0) is 13.7. The van der Waals surface area contributed by atoms with Crippen LogP contribution < -0.4 is 5.32 Å². The average Bonchev–Trinajstić information content (AvgIpc) is 2.44. The summed E-state index contributed by atoms with van der Waals surface area (Å²) in [6.45, 7) is 9.56. The summed E-state index contributed by atoms with van der Waals surface area (Å²) in [6, 6.07) is 8.06. The molecule has 0 aliphatic heterocycles. The largest absolute Gasteiger partial charge is 0.349 e. The number of anilines is 1. The Hall–Kier alpha value is -1.75. The van der Waals surface area contributed by atoms with Gasteiger partial charge in [0.05, 0.1) is 5.52 Å². The Balaban J connectivity index is 2.04. The molecule has 0 aliphatic rings. The number of nitrogens with one attached hydrogen (secondary N) is 1. The Labute approximate surface area is 114 Å². The minimum absolute atomic E-state index is 0.294. The lowest BCUT2D eigenvalue weighted by Crippen LogP contribution is -2.35. The molecule has 1 unspecified atom stereocenters. The van der Waals surface area contributed by atoms with E-state index in [4.69, 9.17) is 0 Å². The van der Waals surface area contributed by atoms with E-state index in [1.54, 1.807) is 0 Å². The van der Waals surface area contributed by atoms with Crippen LogP contribution in [0.15, 0.2) is 24.3 Å². The second kappa shape index (κ2) is 6.43. The van der Waals surface area contributed by atoms with Crippen molar-refractivity contribution in [2.75, 3.05) is 25.0 Å². The van der Waals surface area contributed by atoms with E-state index in [0.29, 0.717) is 12.0 Å². The van der Waals surface area contributed by atoms with Crippen molar-refractivity contribution in [3.63, 3.8) is 0 Å². The molecular formula is C14H21N5. The van der Waals surface area contributed by atoms with Gasteiger partial charge in [0, 0.05) is 12.6 Å². The fourth-order valence-electron chi connectivity index (χ4n) is 2.08. The predicted molar refractivity (Wildman–Crippen MR) is 78.2 cm³/mol. The van der Waals surface area contributed by atoms with E-state index in [1.807, 2.05) is 24.3 Å². The molecule has 2 rings (SSSR count). The van der Waals surface area contributed by atoms with Gasteiger partial charge in [-0.3, -0.25) is 0 Å². The number of aromatic nitrogens is 3.